The molecule has 140 valence electrons. The summed E-state index contributed by atoms with van der Waals surface area (Å²) in [6, 6.07) is 37.9. The molecule has 1 heterocycles. The summed E-state index contributed by atoms with van der Waals surface area (Å²) in [5.41, 5.74) is 5.87. The van der Waals surface area contributed by atoms with Crippen LogP contribution in [0.15, 0.2) is 109 Å². The summed E-state index contributed by atoms with van der Waals surface area (Å²) in [6.07, 6.45) is 0. The lowest BCUT2D eigenvalue weighted by Gasteiger charge is -2.36. The van der Waals surface area contributed by atoms with Gasteiger partial charge in [-0.05, 0) is 35.2 Å². The number of hydrogen-bond acceptors (Lipinski definition) is 2. The van der Waals surface area contributed by atoms with E-state index >= 15 is 0 Å². The van der Waals surface area contributed by atoms with Crippen molar-refractivity contribution < 1.29 is 0 Å². The van der Waals surface area contributed by atoms with Crippen LogP contribution in [0.3, 0.4) is 0 Å². The van der Waals surface area contributed by atoms with E-state index in [-0.39, 0.29) is 0 Å². The van der Waals surface area contributed by atoms with E-state index in [9.17, 15) is 0 Å². The van der Waals surface area contributed by atoms with Crippen LogP contribution in [0, 0.1) is 6.92 Å². The van der Waals surface area contributed by atoms with Crippen molar-refractivity contribution in [1.82, 2.24) is 15.0 Å². The number of aromatic nitrogens is 3. The average Bonchev–Trinajstić information content (AvgIpc) is 3.23. The van der Waals surface area contributed by atoms with Crippen molar-refractivity contribution in [2.24, 2.45) is 0 Å². The molecule has 0 radical (unpaired) electrons. The van der Waals surface area contributed by atoms with E-state index in [1.807, 2.05) is 18.2 Å². The number of hydrogen-bond donors (Lipinski definition) is 0. The predicted octanol–water partition coefficient (Wildman–Crippen LogP) is 5.58. The molecule has 0 unspecified atom stereocenters. The number of aryl methyl sites for hydroxylation is 1. The molecule has 5 aromatic rings. The lowest BCUT2D eigenvalue weighted by atomic mass is 9.77. The minimum Gasteiger partial charge on any atom is -0.225 e. The molecule has 3 heteroatoms. The monoisotopic (exact) mass is 375 g/mol. The lowest BCUT2D eigenvalue weighted by Crippen LogP contribution is -2.38. The van der Waals surface area contributed by atoms with Crippen LogP contribution in [-0.4, -0.2) is 15.0 Å². The van der Waals surface area contributed by atoms with Gasteiger partial charge in [0.2, 0.25) is 0 Å². The van der Waals surface area contributed by atoms with Crippen molar-refractivity contribution in [2.45, 2.75) is 12.5 Å². The van der Waals surface area contributed by atoms with Crippen molar-refractivity contribution in [3.63, 3.8) is 0 Å². The van der Waals surface area contributed by atoms with Gasteiger partial charge in [0.1, 0.15) is 11.1 Å². The summed E-state index contributed by atoms with van der Waals surface area (Å²) in [6.45, 7) is 2.08. The maximum Gasteiger partial charge on any atom is 0.140 e. The SMILES string of the molecule is Cc1cccc2c1nnn2C(c1ccccc1)(c1ccccc1)c1ccccc1. The third-order valence-electron chi connectivity index (χ3n) is 5.57. The fourth-order valence-electron chi connectivity index (χ4n) is 4.23. The van der Waals surface area contributed by atoms with E-state index in [1.165, 1.54) is 0 Å². The highest BCUT2D eigenvalue weighted by atomic mass is 15.5. The van der Waals surface area contributed by atoms with E-state index in [4.69, 9.17) is 5.21 Å². The van der Waals surface area contributed by atoms with E-state index in [0.717, 1.165) is 33.3 Å². The van der Waals surface area contributed by atoms with Crippen molar-refractivity contribution in [3.05, 3.63) is 131 Å². The van der Waals surface area contributed by atoms with Crippen molar-refractivity contribution in [1.29, 1.82) is 0 Å². The molecule has 0 saturated heterocycles. The van der Waals surface area contributed by atoms with Gasteiger partial charge in [0, 0.05) is 0 Å². The Morgan fingerprint density at radius 3 is 1.55 bits per heavy atom. The molecule has 4 aromatic carbocycles. The second-order valence-corrected chi connectivity index (χ2v) is 7.25. The second kappa shape index (κ2) is 7.02. The van der Waals surface area contributed by atoms with Crippen molar-refractivity contribution in [2.75, 3.05) is 0 Å². The van der Waals surface area contributed by atoms with Crippen LogP contribution < -0.4 is 0 Å². The molecule has 0 amide bonds. The Morgan fingerprint density at radius 2 is 1.07 bits per heavy atom. The van der Waals surface area contributed by atoms with Gasteiger partial charge in [0.25, 0.3) is 0 Å². The van der Waals surface area contributed by atoms with E-state index in [0.29, 0.717) is 0 Å². The van der Waals surface area contributed by atoms with Gasteiger partial charge >= 0.3 is 0 Å². The van der Waals surface area contributed by atoms with Crippen molar-refractivity contribution in [3.8, 4) is 0 Å². The summed E-state index contributed by atoms with van der Waals surface area (Å²) in [4.78, 5) is 0. The molecule has 1 aromatic heterocycles. The quantitative estimate of drug-likeness (QED) is 0.384. The van der Waals surface area contributed by atoms with Crippen molar-refractivity contribution >= 4 is 11.0 Å². The van der Waals surface area contributed by atoms with Crippen LogP contribution in [0.1, 0.15) is 22.3 Å². The Kier molecular flexibility index (Phi) is 4.21. The van der Waals surface area contributed by atoms with Crippen LogP contribution in [0.4, 0.5) is 0 Å². The van der Waals surface area contributed by atoms with Gasteiger partial charge < -0.3 is 0 Å². The second-order valence-electron chi connectivity index (χ2n) is 7.25. The van der Waals surface area contributed by atoms with Crippen LogP contribution in [0.2, 0.25) is 0 Å². The summed E-state index contributed by atoms with van der Waals surface area (Å²) in [7, 11) is 0. The van der Waals surface area contributed by atoms with E-state index < -0.39 is 5.54 Å². The van der Waals surface area contributed by atoms with E-state index in [1.54, 1.807) is 0 Å². The minimum atomic E-state index is -0.633. The molecular formula is C26H21N3. The van der Waals surface area contributed by atoms with E-state index in [2.05, 4.69) is 108 Å². The lowest BCUT2D eigenvalue weighted by molar-refractivity contribution is 0.461. The van der Waals surface area contributed by atoms with Gasteiger partial charge in [-0.3, -0.25) is 0 Å². The number of nitrogens with zero attached hydrogens (tertiary/aromatic N) is 3. The topological polar surface area (TPSA) is 30.7 Å². The molecule has 5 rings (SSSR count). The molecule has 0 aliphatic rings. The van der Waals surface area contributed by atoms with Gasteiger partial charge in [-0.25, -0.2) is 4.68 Å². The smallest absolute Gasteiger partial charge is 0.140 e. The maximum atomic E-state index is 4.72. The standard InChI is InChI=1S/C26H21N3/c1-20-12-11-19-24-25(20)27-28-29(24)26(21-13-5-2-6-14-21,22-15-7-3-8-16-22)23-17-9-4-10-18-23/h2-19H,1H3. The molecule has 0 N–H and O–H groups in total. The largest absolute Gasteiger partial charge is 0.225 e. The molecule has 3 nitrogen and oxygen atoms in total. The highest BCUT2D eigenvalue weighted by molar-refractivity contribution is 5.79. The maximum absolute atomic E-state index is 4.72. The highest BCUT2D eigenvalue weighted by Crippen LogP contribution is 2.41. The summed E-state index contributed by atoms with van der Waals surface area (Å²) in [5, 5.41) is 9.30. The average molecular weight is 375 g/mol. The number of rotatable bonds is 4. The van der Waals surface area contributed by atoms with Gasteiger partial charge in [-0.2, -0.15) is 0 Å². The zero-order chi connectivity index (χ0) is 19.7. The minimum absolute atomic E-state index is 0.633. The molecular weight excluding hydrogens is 354 g/mol. The highest BCUT2D eigenvalue weighted by Gasteiger charge is 2.40. The fourth-order valence-corrected chi connectivity index (χ4v) is 4.23. The van der Waals surface area contributed by atoms with Crippen LogP contribution in [0.5, 0.6) is 0 Å². The number of benzene rings is 4. The summed E-state index contributed by atoms with van der Waals surface area (Å²) >= 11 is 0. The molecule has 0 bridgehead atoms. The van der Waals surface area contributed by atoms with Crippen LogP contribution in [0.25, 0.3) is 11.0 Å². The third-order valence-corrected chi connectivity index (χ3v) is 5.57. The van der Waals surface area contributed by atoms with Crippen LogP contribution >= 0.6 is 0 Å². The van der Waals surface area contributed by atoms with Crippen LogP contribution in [-0.2, 0) is 5.54 Å². The first kappa shape index (κ1) is 17.4. The molecule has 0 aliphatic heterocycles. The van der Waals surface area contributed by atoms with Gasteiger partial charge in [-0.15, -0.1) is 5.10 Å². The normalized spacial score (nSPS) is 11.6. The summed E-state index contributed by atoms with van der Waals surface area (Å²) in [5.74, 6) is 0. The first-order chi connectivity index (χ1) is 14.3. The molecule has 0 aliphatic carbocycles. The Bertz CT molecular complexity index is 1150. The predicted molar refractivity (Wildman–Crippen MR) is 117 cm³/mol. The van der Waals surface area contributed by atoms with Gasteiger partial charge in [0.05, 0.1) is 5.52 Å². The first-order valence-corrected chi connectivity index (χ1v) is 9.80. The fraction of sp³-hybridized carbons (Fsp3) is 0.0769. The zero-order valence-electron chi connectivity index (χ0n) is 16.2. The molecule has 0 spiro atoms. The third kappa shape index (κ3) is 2.66. The molecule has 0 atom stereocenters. The zero-order valence-corrected chi connectivity index (χ0v) is 16.2. The molecule has 0 saturated carbocycles. The Balaban J connectivity index is 1.97. The Labute approximate surface area is 170 Å². The Hall–Kier alpha value is -3.72. The van der Waals surface area contributed by atoms with Gasteiger partial charge in [0.15, 0.2) is 0 Å². The summed E-state index contributed by atoms with van der Waals surface area (Å²) < 4.78 is 2.08. The Morgan fingerprint density at radius 1 is 0.586 bits per heavy atom. The molecule has 29 heavy (non-hydrogen) atoms. The first-order valence-electron chi connectivity index (χ1n) is 9.80. The number of fused-ring (bicyclic) bond motifs is 1. The van der Waals surface area contributed by atoms with Gasteiger partial charge in [-0.1, -0.05) is 108 Å². The molecule has 0 fully saturated rings.